The summed E-state index contributed by atoms with van der Waals surface area (Å²) in [4.78, 5) is 49.7. The van der Waals surface area contributed by atoms with Crippen LogP contribution in [0.5, 0.6) is 11.5 Å². The molecule has 2 N–H and O–H groups in total. The fraction of sp³-hybridized carbons (Fsp3) is 0.154. The minimum Gasteiger partial charge on any atom is -0.486 e. The van der Waals surface area contributed by atoms with Crippen LogP contribution in [0, 0.1) is 0 Å². The van der Waals surface area contributed by atoms with Gasteiger partial charge in [-0.25, -0.2) is 9.59 Å². The third-order valence-electron chi connectivity index (χ3n) is 5.08. The van der Waals surface area contributed by atoms with Gasteiger partial charge < -0.3 is 19.5 Å². The molecule has 3 aromatic carbocycles. The molecule has 0 aromatic heterocycles. The van der Waals surface area contributed by atoms with Crippen LogP contribution in [0.15, 0.2) is 72.8 Å². The van der Waals surface area contributed by atoms with Crippen LogP contribution in [0.3, 0.4) is 0 Å². The molecule has 4 rings (SSSR count). The lowest BCUT2D eigenvalue weighted by Crippen LogP contribution is -2.41. The molecule has 0 spiro atoms. The van der Waals surface area contributed by atoms with Crippen LogP contribution in [0.4, 0.5) is 4.79 Å². The molecule has 9 nitrogen and oxygen atoms in total. The van der Waals surface area contributed by atoms with Crippen molar-refractivity contribution in [3.05, 3.63) is 95.1 Å². The predicted molar refractivity (Wildman–Crippen MR) is 124 cm³/mol. The molecule has 1 heterocycles. The molecule has 0 unspecified atom stereocenters. The molecule has 0 aliphatic carbocycles. The topological polar surface area (TPSA) is 120 Å². The Kier molecular flexibility index (Phi) is 7.37. The van der Waals surface area contributed by atoms with Crippen molar-refractivity contribution in [2.45, 2.75) is 6.54 Å². The summed E-state index contributed by atoms with van der Waals surface area (Å²) in [7, 11) is 0. The number of fused-ring (bicyclic) bond motifs is 1. The van der Waals surface area contributed by atoms with Gasteiger partial charge in [0, 0.05) is 17.7 Å². The highest BCUT2D eigenvalue weighted by Gasteiger charge is 2.22. The first-order valence-corrected chi connectivity index (χ1v) is 10.8. The zero-order valence-electron chi connectivity index (χ0n) is 18.6. The molecule has 0 radical (unpaired) electrons. The number of hydrogen-bond acceptors (Lipinski definition) is 7. The Hall–Kier alpha value is -4.66. The minimum absolute atomic E-state index is 0.00582. The van der Waals surface area contributed by atoms with Crippen molar-refractivity contribution in [2.24, 2.45) is 0 Å². The summed E-state index contributed by atoms with van der Waals surface area (Å²) in [6, 6.07) is 19.3. The maximum atomic E-state index is 13.1. The van der Waals surface area contributed by atoms with Crippen LogP contribution in [-0.4, -0.2) is 43.5 Å². The molecule has 0 saturated heterocycles. The lowest BCUT2D eigenvalue weighted by molar-refractivity contribution is -0.123. The molecular formula is C26H22N2O7. The summed E-state index contributed by atoms with van der Waals surface area (Å²) in [5.74, 6) is -1.10. The van der Waals surface area contributed by atoms with Gasteiger partial charge in [-0.2, -0.15) is 0 Å². The Balaban J connectivity index is 1.35. The highest BCUT2D eigenvalue weighted by Crippen LogP contribution is 2.31. The second-order valence-corrected chi connectivity index (χ2v) is 7.53. The van der Waals surface area contributed by atoms with Crippen molar-refractivity contribution < 1.29 is 33.4 Å². The molecule has 0 bridgehead atoms. The van der Waals surface area contributed by atoms with Crippen molar-refractivity contribution in [3.8, 4) is 11.5 Å². The molecule has 35 heavy (non-hydrogen) atoms. The number of carbonyl (C=O) groups is 4. The number of ether oxygens (including phenoxy) is 3. The van der Waals surface area contributed by atoms with Crippen LogP contribution in [0.2, 0.25) is 0 Å². The van der Waals surface area contributed by atoms with Gasteiger partial charge in [0.1, 0.15) is 13.2 Å². The van der Waals surface area contributed by atoms with E-state index >= 15 is 0 Å². The Labute approximate surface area is 201 Å². The van der Waals surface area contributed by atoms with E-state index in [-0.39, 0.29) is 17.7 Å². The average molecular weight is 474 g/mol. The minimum atomic E-state index is -0.869. The quantitative estimate of drug-likeness (QED) is 0.399. The van der Waals surface area contributed by atoms with Gasteiger partial charge in [0.05, 0.1) is 5.56 Å². The van der Waals surface area contributed by atoms with Gasteiger partial charge in [0.15, 0.2) is 23.9 Å². The Morgan fingerprint density at radius 1 is 0.800 bits per heavy atom. The second-order valence-electron chi connectivity index (χ2n) is 7.53. The van der Waals surface area contributed by atoms with E-state index in [4.69, 9.17) is 14.2 Å². The number of esters is 1. The van der Waals surface area contributed by atoms with Crippen molar-refractivity contribution in [3.63, 3.8) is 0 Å². The van der Waals surface area contributed by atoms with Crippen molar-refractivity contribution in [1.29, 1.82) is 0 Å². The van der Waals surface area contributed by atoms with Gasteiger partial charge in [0.2, 0.25) is 0 Å². The molecule has 3 amide bonds. The lowest BCUT2D eigenvalue weighted by atomic mass is 9.98. The molecule has 0 saturated carbocycles. The first-order valence-electron chi connectivity index (χ1n) is 10.8. The number of imide groups is 1. The van der Waals surface area contributed by atoms with E-state index in [0.717, 1.165) is 5.56 Å². The Morgan fingerprint density at radius 2 is 1.49 bits per heavy atom. The summed E-state index contributed by atoms with van der Waals surface area (Å²) >= 11 is 0. The Morgan fingerprint density at radius 3 is 2.26 bits per heavy atom. The van der Waals surface area contributed by atoms with Crippen LogP contribution in [0.25, 0.3) is 0 Å². The largest absolute Gasteiger partial charge is 0.486 e. The SMILES string of the molecule is O=C(COC(=O)c1ccccc1C(=O)c1ccc2c(c1)OCCO2)NC(=O)NCc1ccccc1. The molecule has 3 aromatic rings. The summed E-state index contributed by atoms with van der Waals surface area (Å²) in [6.07, 6.45) is 0. The van der Waals surface area contributed by atoms with Gasteiger partial charge in [-0.1, -0.05) is 48.5 Å². The lowest BCUT2D eigenvalue weighted by Gasteiger charge is -2.18. The summed E-state index contributed by atoms with van der Waals surface area (Å²) in [5, 5.41) is 4.63. The van der Waals surface area contributed by atoms with E-state index in [2.05, 4.69) is 10.6 Å². The average Bonchev–Trinajstić information content (AvgIpc) is 2.90. The third-order valence-corrected chi connectivity index (χ3v) is 5.08. The van der Waals surface area contributed by atoms with Gasteiger partial charge in [0.25, 0.3) is 5.91 Å². The summed E-state index contributed by atoms with van der Waals surface area (Å²) in [5.41, 5.74) is 1.27. The first-order chi connectivity index (χ1) is 17.0. The highest BCUT2D eigenvalue weighted by molar-refractivity contribution is 6.14. The predicted octanol–water partition coefficient (Wildman–Crippen LogP) is 2.87. The maximum Gasteiger partial charge on any atom is 0.339 e. The molecule has 0 atom stereocenters. The fourth-order valence-electron chi connectivity index (χ4n) is 3.39. The number of rotatable bonds is 7. The highest BCUT2D eigenvalue weighted by atomic mass is 16.6. The molecular weight excluding hydrogens is 452 g/mol. The Bertz CT molecular complexity index is 1260. The second kappa shape index (κ2) is 11.0. The van der Waals surface area contributed by atoms with Gasteiger partial charge >= 0.3 is 12.0 Å². The van der Waals surface area contributed by atoms with Crippen LogP contribution in [-0.2, 0) is 16.1 Å². The molecule has 9 heteroatoms. The fourth-order valence-corrected chi connectivity index (χ4v) is 3.39. The van der Waals surface area contributed by atoms with Crippen LogP contribution < -0.4 is 20.1 Å². The summed E-state index contributed by atoms with van der Waals surface area (Å²) < 4.78 is 16.0. The van der Waals surface area contributed by atoms with E-state index in [1.54, 1.807) is 30.3 Å². The maximum absolute atomic E-state index is 13.1. The van der Waals surface area contributed by atoms with E-state index in [9.17, 15) is 19.2 Å². The third kappa shape index (κ3) is 6.02. The zero-order valence-corrected chi connectivity index (χ0v) is 18.6. The first kappa shape index (κ1) is 23.5. The van der Waals surface area contributed by atoms with E-state index in [1.165, 1.54) is 12.1 Å². The number of urea groups is 1. The number of hydrogen-bond donors (Lipinski definition) is 2. The smallest absolute Gasteiger partial charge is 0.339 e. The normalized spacial score (nSPS) is 11.8. The van der Waals surface area contributed by atoms with E-state index in [0.29, 0.717) is 30.3 Å². The van der Waals surface area contributed by atoms with Crippen LogP contribution in [0.1, 0.15) is 31.8 Å². The number of nitrogens with one attached hydrogen (secondary N) is 2. The number of amides is 3. The molecule has 1 aliphatic heterocycles. The van der Waals surface area contributed by atoms with Crippen molar-refractivity contribution >= 4 is 23.7 Å². The number of benzene rings is 3. The van der Waals surface area contributed by atoms with Gasteiger partial charge in [-0.15, -0.1) is 0 Å². The standard InChI is InChI=1S/C26H22N2O7/c29-23(28-26(32)27-15-17-6-2-1-3-7-17)16-35-25(31)20-9-5-4-8-19(20)24(30)18-10-11-21-22(14-18)34-13-12-33-21/h1-11,14H,12-13,15-16H2,(H2,27,28,29,32). The van der Waals surface area contributed by atoms with E-state index < -0.39 is 30.3 Å². The van der Waals surface area contributed by atoms with E-state index in [1.807, 2.05) is 30.3 Å². The number of carbonyl (C=O) groups excluding carboxylic acids is 4. The van der Waals surface area contributed by atoms with Gasteiger partial charge in [-0.3, -0.25) is 14.9 Å². The summed E-state index contributed by atoms with van der Waals surface area (Å²) in [6.45, 7) is 0.344. The van der Waals surface area contributed by atoms with Crippen molar-refractivity contribution in [2.75, 3.05) is 19.8 Å². The molecule has 0 fully saturated rings. The van der Waals surface area contributed by atoms with Crippen LogP contribution >= 0.6 is 0 Å². The molecule has 1 aliphatic rings. The monoisotopic (exact) mass is 474 g/mol. The van der Waals surface area contributed by atoms with Gasteiger partial charge in [-0.05, 0) is 29.8 Å². The number of ketones is 1. The molecule has 178 valence electrons. The van der Waals surface area contributed by atoms with Crippen molar-refractivity contribution in [1.82, 2.24) is 10.6 Å². The zero-order chi connectivity index (χ0) is 24.6.